The standard InChI is InChI=1S/C12H17N.C3H6/c1-4-11(5-2)13(3)12-9-7-6-8-10-12;1-3-2/h4,6-10H,5H2,1-3H3;3H,1H2,2H3/b11-4+;. The van der Waals surface area contributed by atoms with Gasteiger partial charge in [0.05, 0.1) is 0 Å². The van der Waals surface area contributed by atoms with Crippen molar-refractivity contribution in [1.82, 2.24) is 0 Å². The van der Waals surface area contributed by atoms with Crippen LogP contribution in [-0.4, -0.2) is 7.05 Å². The number of anilines is 1. The molecule has 0 spiro atoms. The quantitative estimate of drug-likeness (QED) is 0.667. The molecule has 0 unspecified atom stereocenters. The summed E-state index contributed by atoms with van der Waals surface area (Å²) in [5.74, 6) is 0. The van der Waals surface area contributed by atoms with Crippen molar-refractivity contribution < 1.29 is 0 Å². The Bertz CT molecular complexity index is 311. The van der Waals surface area contributed by atoms with Gasteiger partial charge >= 0.3 is 0 Å². The third-order valence-corrected chi connectivity index (χ3v) is 2.27. The molecule has 0 aliphatic heterocycles. The van der Waals surface area contributed by atoms with Gasteiger partial charge in [0, 0.05) is 18.4 Å². The highest BCUT2D eigenvalue weighted by Gasteiger charge is 2.02. The molecule has 0 saturated carbocycles. The first-order chi connectivity index (χ1) is 7.71. The van der Waals surface area contributed by atoms with E-state index in [1.165, 1.54) is 11.4 Å². The Morgan fingerprint density at radius 2 is 1.75 bits per heavy atom. The van der Waals surface area contributed by atoms with Crippen LogP contribution in [0.4, 0.5) is 5.69 Å². The van der Waals surface area contributed by atoms with Crippen LogP contribution in [-0.2, 0) is 0 Å². The molecule has 0 amide bonds. The lowest BCUT2D eigenvalue weighted by Crippen LogP contribution is -2.15. The van der Waals surface area contributed by atoms with Crippen molar-refractivity contribution >= 4 is 5.69 Å². The molecular weight excluding hydrogens is 194 g/mol. The number of rotatable bonds is 3. The molecule has 0 atom stereocenters. The molecule has 0 aliphatic carbocycles. The van der Waals surface area contributed by atoms with Gasteiger partial charge in [-0.05, 0) is 32.4 Å². The largest absolute Gasteiger partial charge is 0.349 e. The van der Waals surface area contributed by atoms with E-state index in [1.54, 1.807) is 6.08 Å². The Morgan fingerprint density at radius 1 is 1.25 bits per heavy atom. The lowest BCUT2D eigenvalue weighted by molar-refractivity contribution is 0.972. The van der Waals surface area contributed by atoms with Crippen molar-refractivity contribution in [2.24, 2.45) is 0 Å². The van der Waals surface area contributed by atoms with Crippen LogP contribution in [0.2, 0.25) is 0 Å². The van der Waals surface area contributed by atoms with E-state index in [0.717, 1.165) is 6.42 Å². The molecular formula is C15H23N. The average molecular weight is 217 g/mol. The van der Waals surface area contributed by atoms with Crippen LogP contribution in [0.3, 0.4) is 0 Å². The first-order valence-electron chi connectivity index (χ1n) is 5.72. The molecule has 0 aliphatic rings. The highest BCUT2D eigenvalue weighted by atomic mass is 15.1. The van der Waals surface area contributed by atoms with Crippen LogP contribution in [0, 0.1) is 0 Å². The first-order valence-corrected chi connectivity index (χ1v) is 5.72. The number of allylic oxidation sites excluding steroid dienone is 3. The predicted octanol–water partition coefficient (Wildman–Crippen LogP) is 4.63. The molecule has 1 nitrogen and oxygen atoms in total. The second kappa shape index (κ2) is 8.78. The van der Waals surface area contributed by atoms with Gasteiger partial charge in [0.2, 0.25) is 0 Å². The minimum atomic E-state index is 1.07. The van der Waals surface area contributed by atoms with Crippen LogP contribution >= 0.6 is 0 Å². The number of nitrogens with zero attached hydrogens (tertiary/aromatic N) is 1. The van der Waals surface area contributed by atoms with E-state index in [0.29, 0.717) is 0 Å². The fraction of sp³-hybridized carbons (Fsp3) is 0.333. The van der Waals surface area contributed by atoms with Crippen LogP contribution in [0.5, 0.6) is 0 Å². The maximum absolute atomic E-state index is 3.36. The maximum atomic E-state index is 3.36. The number of hydrogen-bond acceptors (Lipinski definition) is 1. The SMILES string of the molecule is C/C=C(\CC)N(C)c1ccccc1.C=CC. The summed E-state index contributed by atoms with van der Waals surface area (Å²) in [6.45, 7) is 9.51. The highest BCUT2D eigenvalue weighted by molar-refractivity contribution is 5.50. The van der Waals surface area contributed by atoms with Gasteiger partial charge < -0.3 is 4.90 Å². The zero-order chi connectivity index (χ0) is 12.4. The molecule has 1 heteroatoms. The third kappa shape index (κ3) is 4.83. The first kappa shape index (κ1) is 14.5. The predicted molar refractivity (Wildman–Crippen MR) is 74.8 cm³/mol. The third-order valence-electron chi connectivity index (χ3n) is 2.27. The van der Waals surface area contributed by atoms with Gasteiger partial charge in [-0.25, -0.2) is 0 Å². The molecule has 0 aromatic heterocycles. The highest BCUT2D eigenvalue weighted by Crippen LogP contribution is 2.17. The molecule has 1 aromatic carbocycles. The molecule has 0 saturated heterocycles. The molecule has 1 rings (SSSR count). The van der Waals surface area contributed by atoms with Gasteiger partial charge in [-0.2, -0.15) is 0 Å². The van der Waals surface area contributed by atoms with Crippen molar-refractivity contribution in [3.05, 3.63) is 54.8 Å². The van der Waals surface area contributed by atoms with Gasteiger partial charge in [-0.3, -0.25) is 0 Å². The second-order valence-electron chi connectivity index (χ2n) is 3.44. The topological polar surface area (TPSA) is 3.24 Å². The summed E-state index contributed by atoms with van der Waals surface area (Å²) in [7, 11) is 2.11. The van der Waals surface area contributed by atoms with E-state index in [4.69, 9.17) is 0 Å². The van der Waals surface area contributed by atoms with E-state index in [1.807, 2.05) is 13.0 Å². The minimum absolute atomic E-state index is 1.07. The Morgan fingerprint density at radius 3 is 2.12 bits per heavy atom. The molecule has 1 aromatic rings. The molecule has 0 radical (unpaired) electrons. The van der Waals surface area contributed by atoms with E-state index >= 15 is 0 Å². The normalized spacial score (nSPS) is 10.1. The van der Waals surface area contributed by atoms with Crippen LogP contribution in [0.1, 0.15) is 27.2 Å². The van der Waals surface area contributed by atoms with Gasteiger partial charge in [-0.1, -0.05) is 37.3 Å². The molecule has 16 heavy (non-hydrogen) atoms. The minimum Gasteiger partial charge on any atom is -0.349 e. The van der Waals surface area contributed by atoms with Crippen molar-refractivity contribution in [3.63, 3.8) is 0 Å². The summed E-state index contributed by atoms with van der Waals surface area (Å²) in [5, 5.41) is 0. The average Bonchev–Trinajstić information content (AvgIpc) is 2.32. The van der Waals surface area contributed by atoms with Gasteiger partial charge in [0.25, 0.3) is 0 Å². The Kier molecular flexibility index (Phi) is 7.96. The Hall–Kier alpha value is -1.50. The second-order valence-corrected chi connectivity index (χ2v) is 3.44. The summed E-state index contributed by atoms with van der Waals surface area (Å²) in [6.07, 6.45) is 4.98. The van der Waals surface area contributed by atoms with Crippen LogP contribution in [0.15, 0.2) is 54.8 Å². The van der Waals surface area contributed by atoms with Crippen LogP contribution in [0.25, 0.3) is 0 Å². The van der Waals surface area contributed by atoms with Crippen molar-refractivity contribution in [2.75, 3.05) is 11.9 Å². The monoisotopic (exact) mass is 217 g/mol. The van der Waals surface area contributed by atoms with Crippen molar-refractivity contribution in [1.29, 1.82) is 0 Å². The summed E-state index contributed by atoms with van der Waals surface area (Å²) in [4.78, 5) is 2.22. The van der Waals surface area contributed by atoms with Crippen molar-refractivity contribution in [3.8, 4) is 0 Å². The maximum Gasteiger partial charge on any atom is 0.0405 e. The summed E-state index contributed by atoms with van der Waals surface area (Å²) >= 11 is 0. The number of para-hydroxylation sites is 1. The van der Waals surface area contributed by atoms with E-state index in [-0.39, 0.29) is 0 Å². The lowest BCUT2D eigenvalue weighted by atomic mass is 10.2. The zero-order valence-corrected chi connectivity index (χ0v) is 10.9. The molecule has 0 fully saturated rings. The molecule has 0 heterocycles. The van der Waals surface area contributed by atoms with E-state index in [9.17, 15) is 0 Å². The van der Waals surface area contributed by atoms with Crippen molar-refractivity contribution in [2.45, 2.75) is 27.2 Å². The summed E-state index contributed by atoms with van der Waals surface area (Å²) in [5.41, 5.74) is 2.60. The number of hydrogen-bond donors (Lipinski definition) is 0. The molecule has 0 bridgehead atoms. The number of benzene rings is 1. The van der Waals surface area contributed by atoms with Gasteiger partial charge in [0.15, 0.2) is 0 Å². The van der Waals surface area contributed by atoms with Crippen LogP contribution < -0.4 is 4.90 Å². The Labute approximate surface area is 100 Å². The zero-order valence-electron chi connectivity index (χ0n) is 10.9. The fourth-order valence-corrected chi connectivity index (χ4v) is 1.45. The fourth-order valence-electron chi connectivity index (χ4n) is 1.45. The smallest absolute Gasteiger partial charge is 0.0405 e. The summed E-state index contributed by atoms with van der Waals surface area (Å²) in [6, 6.07) is 10.4. The molecule has 88 valence electrons. The van der Waals surface area contributed by atoms with Gasteiger partial charge in [0.1, 0.15) is 0 Å². The van der Waals surface area contributed by atoms with Gasteiger partial charge in [-0.15, -0.1) is 6.58 Å². The van der Waals surface area contributed by atoms with E-state index in [2.05, 4.69) is 62.7 Å². The Balaban J connectivity index is 0.000000673. The summed E-state index contributed by atoms with van der Waals surface area (Å²) < 4.78 is 0. The molecule has 0 N–H and O–H groups in total. The van der Waals surface area contributed by atoms with E-state index < -0.39 is 0 Å². The lowest BCUT2D eigenvalue weighted by Gasteiger charge is -2.21.